The molecule has 0 amide bonds. The molecule has 2 N–H and O–H groups in total. The predicted octanol–water partition coefficient (Wildman–Crippen LogP) is 2.09. The van der Waals surface area contributed by atoms with Crippen molar-refractivity contribution < 1.29 is 4.74 Å². The molecule has 0 radical (unpaired) electrons. The van der Waals surface area contributed by atoms with E-state index in [2.05, 4.69) is 59.5 Å². The van der Waals surface area contributed by atoms with Crippen LogP contribution in [0.15, 0.2) is 23.2 Å². The van der Waals surface area contributed by atoms with Crippen molar-refractivity contribution in [3.63, 3.8) is 0 Å². The summed E-state index contributed by atoms with van der Waals surface area (Å²) >= 11 is 0. The van der Waals surface area contributed by atoms with Crippen molar-refractivity contribution in [3.8, 4) is 5.75 Å². The minimum atomic E-state index is 0.611. The molecule has 1 aromatic carbocycles. The van der Waals surface area contributed by atoms with Crippen LogP contribution >= 0.6 is 0 Å². The van der Waals surface area contributed by atoms with Gasteiger partial charge >= 0.3 is 0 Å². The Bertz CT molecular complexity index is 590. The van der Waals surface area contributed by atoms with Crippen molar-refractivity contribution in [1.82, 2.24) is 20.4 Å². The SMILES string of the molecule is CCNC(=NCc1ccc(C)cc1OCC)NCCN1CCCN(C)CC1. The van der Waals surface area contributed by atoms with Gasteiger partial charge < -0.3 is 25.2 Å². The zero-order chi connectivity index (χ0) is 19.5. The second-order valence-corrected chi connectivity index (χ2v) is 7.16. The maximum atomic E-state index is 5.77. The molecule has 0 saturated carbocycles. The first-order valence-electron chi connectivity index (χ1n) is 10.3. The number of nitrogens with zero attached hydrogens (tertiary/aromatic N) is 3. The van der Waals surface area contributed by atoms with E-state index in [1.54, 1.807) is 0 Å². The average Bonchev–Trinajstić information content (AvgIpc) is 2.85. The van der Waals surface area contributed by atoms with Gasteiger partial charge in [0.05, 0.1) is 13.2 Å². The Hall–Kier alpha value is -1.79. The molecule has 27 heavy (non-hydrogen) atoms. The number of aliphatic imine (C=N–C) groups is 1. The fourth-order valence-corrected chi connectivity index (χ4v) is 3.24. The van der Waals surface area contributed by atoms with Crippen LogP contribution in [-0.2, 0) is 6.54 Å². The quantitative estimate of drug-likeness (QED) is 0.538. The summed E-state index contributed by atoms with van der Waals surface area (Å²) in [4.78, 5) is 9.71. The number of hydrogen-bond acceptors (Lipinski definition) is 4. The fraction of sp³-hybridized carbons (Fsp3) is 0.667. The van der Waals surface area contributed by atoms with E-state index in [0.29, 0.717) is 13.2 Å². The number of nitrogens with one attached hydrogen (secondary N) is 2. The molecule has 2 rings (SSSR count). The van der Waals surface area contributed by atoms with E-state index in [9.17, 15) is 0 Å². The molecule has 0 unspecified atom stereocenters. The molecule has 6 nitrogen and oxygen atoms in total. The third kappa shape index (κ3) is 7.77. The maximum absolute atomic E-state index is 5.77. The molecule has 1 saturated heterocycles. The van der Waals surface area contributed by atoms with Crippen molar-refractivity contribution in [2.45, 2.75) is 33.7 Å². The van der Waals surface area contributed by atoms with Crippen LogP contribution in [0.4, 0.5) is 0 Å². The van der Waals surface area contributed by atoms with E-state index in [1.807, 2.05) is 6.92 Å². The Balaban J connectivity index is 1.88. The molecular weight excluding hydrogens is 338 g/mol. The zero-order valence-corrected chi connectivity index (χ0v) is 17.6. The molecule has 0 atom stereocenters. The van der Waals surface area contributed by atoms with Crippen LogP contribution in [0.5, 0.6) is 5.75 Å². The van der Waals surface area contributed by atoms with E-state index in [4.69, 9.17) is 9.73 Å². The Morgan fingerprint density at radius 1 is 1.15 bits per heavy atom. The van der Waals surface area contributed by atoms with Crippen molar-refractivity contribution in [1.29, 1.82) is 0 Å². The van der Waals surface area contributed by atoms with Crippen molar-refractivity contribution in [2.24, 2.45) is 4.99 Å². The number of likely N-dealkylation sites (N-methyl/N-ethyl adjacent to an activating group) is 1. The molecule has 1 heterocycles. The van der Waals surface area contributed by atoms with Crippen LogP contribution in [-0.4, -0.2) is 75.2 Å². The monoisotopic (exact) mass is 375 g/mol. The first-order valence-corrected chi connectivity index (χ1v) is 10.3. The third-order valence-corrected chi connectivity index (χ3v) is 4.81. The zero-order valence-electron chi connectivity index (χ0n) is 17.6. The van der Waals surface area contributed by atoms with Gasteiger partial charge in [-0.2, -0.15) is 0 Å². The highest BCUT2D eigenvalue weighted by molar-refractivity contribution is 5.79. The van der Waals surface area contributed by atoms with Crippen LogP contribution in [0, 0.1) is 6.92 Å². The van der Waals surface area contributed by atoms with Gasteiger partial charge in [0.15, 0.2) is 5.96 Å². The predicted molar refractivity (Wildman–Crippen MR) is 114 cm³/mol. The fourth-order valence-electron chi connectivity index (χ4n) is 3.24. The molecular formula is C21H37N5O. The lowest BCUT2D eigenvalue weighted by Crippen LogP contribution is -2.42. The topological polar surface area (TPSA) is 52.1 Å². The van der Waals surface area contributed by atoms with Crippen molar-refractivity contribution in [2.75, 3.05) is 59.5 Å². The van der Waals surface area contributed by atoms with E-state index in [0.717, 1.165) is 50.0 Å². The van der Waals surface area contributed by atoms with Crippen LogP contribution in [0.2, 0.25) is 0 Å². The molecule has 0 aromatic heterocycles. The second-order valence-electron chi connectivity index (χ2n) is 7.16. The van der Waals surface area contributed by atoms with E-state index >= 15 is 0 Å². The average molecular weight is 376 g/mol. The highest BCUT2D eigenvalue weighted by atomic mass is 16.5. The summed E-state index contributed by atoms with van der Waals surface area (Å²) in [5, 5.41) is 6.82. The minimum Gasteiger partial charge on any atom is -0.494 e. The smallest absolute Gasteiger partial charge is 0.191 e. The largest absolute Gasteiger partial charge is 0.494 e. The van der Waals surface area contributed by atoms with Gasteiger partial charge in [-0.05, 0) is 59.0 Å². The summed E-state index contributed by atoms with van der Waals surface area (Å²) in [6.07, 6.45) is 1.25. The molecule has 1 fully saturated rings. The molecule has 0 spiro atoms. The van der Waals surface area contributed by atoms with E-state index < -0.39 is 0 Å². The number of guanidine groups is 1. The first-order chi connectivity index (χ1) is 13.1. The number of hydrogen-bond donors (Lipinski definition) is 2. The highest BCUT2D eigenvalue weighted by Gasteiger charge is 2.11. The maximum Gasteiger partial charge on any atom is 0.191 e. The Morgan fingerprint density at radius 2 is 2.00 bits per heavy atom. The summed E-state index contributed by atoms with van der Waals surface area (Å²) in [5.74, 6) is 1.80. The van der Waals surface area contributed by atoms with E-state index in [-0.39, 0.29) is 0 Å². The standard InChI is InChI=1S/C21H37N5O/c1-5-22-21(23-10-13-26-12-7-11-25(4)14-15-26)24-17-19-9-8-18(3)16-20(19)27-6-2/h8-9,16H,5-7,10-15,17H2,1-4H3,(H2,22,23,24). The van der Waals surface area contributed by atoms with Gasteiger partial charge in [-0.3, -0.25) is 0 Å². The van der Waals surface area contributed by atoms with Gasteiger partial charge in [0.2, 0.25) is 0 Å². The van der Waals surface area contributed by atoms with E-state index in [1.165, 1.54) is 25.1 Å². The first kappa shape index (κ1) is 21.5. The second kappa shape index (κ2) is 11.8. The molecule has 1 aliphatic rings. The number of ether oxygens (including phenoxy) is 1. The molecule has 0 bridgehead atoms. The van der Waals surface area contributed by atoms with Crippen LogP contribution in [0.25, 0.3) is 0 Å². The number of rotatable bonds is 8. The van der Waals surface area contributed by atoms with Gasteiger partial charge in [0.1, 0.15) is 5.75 Å². The third-order valence-electron chi connectivity index (χ3n) is 4.81. The van der Waals surface area contributed by atoms with Gasteiger partial charge in [-0.25, -0.2) is 4.99 Å². The molecule has 1 aliphatic heterocycles. The lowest BCUT2D eigenvalue weighted by atomic mass is 10.1. The minimum absolute atomic E-state index is 0.611. The molecule has 1 aromatic rings. The van der Waals surface area contributed by atoms with Crippen LogP contribution in [0.3, 0.4) is 0 Å². The van der Waals surface area contributed by atoms with Gasteiger partial charge in [-0.1, -0.05) is 12.1 Å². The van der Waals surface area contributed by atoms with Crippen LogP contribution < -0.4 is 15.4 Å². The van der Waals surface area contributed by atoms with Crippen molar-refractivity contribution >= 4 is 5.96 Å². The molecule has 0 aliphatic carbocycles. The van der Waals surface area contributed by atoms with Gasteiger partial charge in [0.25, 0.3) is 0 Å². The number of aryl methyl sites for hydroxylation is 1. The summed E-state index contributed by atoms with van der Waals surface area (Å²) in [6.45, 7) is 15.0. The lowest BCUT2D eigenvalue weighted by Gasteiger charge is -2.21. The van der Waals surface area contributed by atoms with Crippen molar-refractivity contribution in [3.05, 3.63) is 29.3 Å². The summed E-state index contributed by atoms with van der Waals surface area (Å²) < 4.78 is 5.77. The lowest BCUT2D eigenvalue weighted by molar-refractivity contribution is 0.280. The highest BCUT2D eigenvalue weighted by Crippen LogP contribution is 2.21. The summed E-state index contributed by atoms with van der Waals surface area (Å²) in [5.41, 5.74) is 2.33. The molecule has 152 valence electrons. The normalized spacial score (nSPS) is 16.8. The Morgan fingerprint density at radius 3 is 2.78 bits per heavy atom. The Labute approximate surface area is 165 Å². The number of benzene rings is 1. The summed E-state index contributed by atoms with van der Waals surface area (Å²) in [7, 11) is 2.21. The van der Waals surface area contributed by atoms with Gasteiger partial charge in [-0.15, -0.1) is 0 Å². The molecule has 6 heteroatoms. The van der Waals surface area contributed by atoms with Gasteiger partial charge in [0, 0.05) is 38.3 Å². The summed E-state index contributed by atoms with van der Waals surface area (Å²) in [6, 6.07) is 6.32. The van der Waals surface area contributed by atoms with Crippen LogP contribution in [0.1, 0.15) is 31.4 Å². The Kier molecular flexibility index (Phi) is 9.42.